The summed E-state index contributed by atoms with van der Waals surface area (Å²) in [5.74, 6) is -0.458. The maximum Gasteiger partial charge on any atom is 1.00 e. The number of imidazole rings is 1. The molecule has 0 saturated carbocycles. The van der Waals surface area contributed by atoms with E-state index in [0.29, 0.717) is 5.69 Å². The van der Waals surface area contributed by atoms with Gasteiger partial charge in [-0.05, 0) is 19.1 Å². The van der Waals surface area contributed by atoms with Gasteiger partial charge in [0.2, 0.25) is 0 Å². The molecule has 0 saturated heterocycles. The van der Waals surface area contributed by atoms with Gasteiger partial charge >= 0.3 is 29.6 Å². The zero-order valence-electron chi connectivity index (χ0n) is 7.00. The number of hydrogen-bond donors (Lipinski definition) is 1. The van der Waals surface area contributed by atoms with Crippen LogP contribution in [0.15, 0.2) is 12.3 Å². The Hall–Kier alpha value is -0.580. The minimum Gasteiger partial charge on any atom is -0.545 e. The van der Waals surface area contributed by atoms with Gasteiger partial charge in [-0.3, -0.25) is 0 Å². The first-order valence-corrected chi connectivity index (χ1v) is 3.09. The van der Waals surface area contributed by atoms with E-state index in [0.717, 1.165) is 11.9 Å². The van der Waals surface area contributed by atoms with Crippen LogP contribution < -0.4 is 34.7 Å². The summed E-state index contributed by atoms with van der Waals surface area (Å²) in [6.45, 7) is 1.79. The van der Waals surface area contributed by atoms with Crippen LogP contribution in [0.25, 0.3) is 6.08 Å². The second-order valence-electron chi connectivity index (χ2n) is 2.08. The van der Waals surface area contributed by atoms with Crippen LogP contribution in [-0.4, -0.2) is 15.9 Å². The third-order valence-corrected chi connectivity index (χ3v) is 1.12. The topological polar surface area (TPSA) is 68.8 Å². The Labute approximate surface area is 92.0 Å². The molecule has 0 aliphatic heterocycles. The van der Waals surface area contributed by atoms with Gasteiger partial charge in [0.25, 0.3) is 0 Å². The normalized spacial score (nSPS) is 9.75. The van der Waals surface area contributed by atoms with Crippen molar-refractivity contribution in [1.29, 1.82) is 0 Å². The molecule has 12 heavy (non-hydrogen) atoms. The van der Waals surface area contributed by atoms with Gasteiger partial charge in [-0.2, -0.15) is 0 Å². The number of nitrogens with zero attached hydrogens (tertiary/aromatic N) is 1. The Bertz CT molecular complexity index is 293. The summed E-state index contributed by atoms with van der Waals surface area (Å²) < 4.78 is 0. The molecule has 0 radical (unpaired) electrons. The average molecular weight is 174 g/mol. The molecule has 1 aromatic rings. The number of aliphatic carboxylic acids is 1. The van der Waals surface area contributed by atoms with Gasteiger partial charge in [-0.25, -0.2) is 4.98 Å². The molecule has 0 atom stereocenters. The van der Waals surface area contributed by atoms with E-state index in [4.69, 9.17) is 0 Å². The van der Waals surface area contributed by atoms with Gasteiger partial charge in [-0.1, -0.05) is 0 Å². The molecule has 0 fully saturated rings. The summed E-state index contributed by atoms with van der Waals surface area (Å²) in [7, 11) is 0. The fourth-order valence-electron chi connectivity index (χ4n) is 0.682. The molecule has 0 bridgehead atoms. The number of rotatable bonds is 2. The number of aromatic amines is 1. The van der Waals surface area contributed by atoms with Crippen molar-refractivity contribution in [3.05, 3.63) is 23.8 Å². The van der Waals surface area contributed by atoms with Crippen LogP contribution in [0.1, 0.15) is 11.5 Å². The Morgan fingerprint density at radius 3 is 2.83 bits per heavy atom. The zero-order valence-corrected chi connectivity index (χ0v) is 9.00. The standard InChI is InChI=1S/C7H8N2O2.Na/c1-5-8-4-6(9-5)2-3-7(10)11;/h2-4H,1H3,(H,8,9)(H,10,11);/q;+1/p-1/b3-2+;. The molecule has 1 rings (SSSR count). The second kappa shape index (κ2) is 5.13. The molecule has 4 nitrogen and oxygen atoms in total. The predicted molar refractivity (Wildman–Crippen MR) is 37.4 cm³/mol. The number of carboxylic acid groups (broad SMARTS) is 1. The van der Waals surface area contributed by atoms with Crippen molar-refractivity contribution < 1.29 is 39.5 Å². The van der Waals surface area contributed by atoms with Crippen molar-refractivity contribution >= 4 is 12.0 Å². The molecule has 0 amide bonds. The Morgan fingerprint density at radius 2 is 2.42 bits per heavy atom. The van der Waals surface area contributed by atoms with Gasteiger partial charge in [0.05, 0.1) is 17.9 Å². The number of H-pyrrole nitrogens is 1. The van der Waals surface area contributed by atoms with E-state index >= 15 is 0 Å². The first kappa shape index (κ1) is 11.4. The second-order valence-corrected chi connectivity index (χ2v) is 2.08. The van der Waals surface area contributed by atoms with Crippen molar-refractivity contribution in [3.8, 4) is 0 Å². The van der Waals surface area contributed by atoms with Crippen LogP contribution in [0.4, 0.5) is 0 Å². The van der Waals surface area contributed by atoms with Crippen molar-refractivity contribution in [2.75, 3.05) is 0 Å². The summed E-state index contributed by atoms with van der Waals surface area (Å²) in [5.41, 5.74) is 0.659. The van der Waals surface area contributed by atoms with E-state index in [2.05, 4.69) is 9.97 Å². The number of carboxylic acids is 1. The minimum absolute atomic E-state index is 0. The first-order chi connectivity index (χ1) is 5.18. The molecule has 0 unspecified atom stereocenters. The number of carbonyl (C=O) groups excluding carboxylic acids is 1. The van der Waals surface area contributed by atoms with Crippen molar-refractivity contribution in [3.63, 3.8) is 0 Å². The van der Waals surface area contributed by atoms with Crippen molar-refractivity contribution in [2.24, 2.45) is 0 Å². The smallest absolute Gasteiger partial charge is 0.545 e. The maximum absolute atomic E-state index is 9.95. The van der Waals surface area contributed by atoms with E-state index in [1.54, 1.807) is 13.1 Å². The van der Waals surface area contributed by atoms with Gasteiger partial charge in [0, 0.05) is 0 Å². The van der Waals surface area contributed by atoms with Crippen LogP contribution in [0.3, 0.4) is 0 Å². The summed E-state index contributed by atoms with van der Waals surface area (Å²) >= 11 is 0. The summed E-state index contributed by atoms with van der Waals surface area (Å²) in [6.07, 6.45) is 3.90. The van der Waals surface area contributed by atoms with Gasteiger partial charge in [0.1, 0.15) is 5.82 Å². The predicted octanol–water partition coefficient (Wildman–Crippen LogP) is -3.51. The number of hydrogen-bond acceptors (Lipinski definition) is 3. The summed E-state index contributed by atoms with van der Waals surface area (Å²) in [6, 6.07) is 0. The largest absolute Gasteiger partial charge is 1.00 e. The molecule has 0 spiro atoms. The molecule has 0 aromatic carbocycles. The van der Waals surface area contributed by atoms with Crippen molar-refractivity contribution in [2.45, 2.75) is 6.92 Å². The Balaban J connectivity index is 0.00000121. The van der Waals surface area contributed by atoms with Crippen LogP contribution in [0.2, 0.25) is 0 Å². The number of aryl methyl sites for hydroxylation is 1. The SMILES string of the molecule is Cc1ncc(/C=C/C(=O)[O-])[nH]1.[Na+]. The quantitative estimate of drug-likeness (QED) is 0.373. The zero-order chi connectivity index (χ0) is 8.27. The van der Waals surface area contributed by atoms with Crippen LogP contribution in [0.5, 0.6) is 0 Å². The molecule has 1 aromatic heterocycles. The number of nitrogens with one attached hydrogen (secondary N) is 1. The van der Waals surface area contributed by atoms with E-state index in [-0.39, 0.29) is 29.6 Å². The number of aromatic nitrogens is 2. The fraction of sp³-hybridized carbons (Fsp3) is 0.143. The van der Waals surface area contributed by atoms with Gasteiger partial charge < -0.3 is 14.9 Å². The molecule has 0 aliphatic rings. The maximum atomic E-state index is 9.95. The molecule has 1 N–H and O–H groups in total. The van der Waals surface area contributed by atoms with Crippen LogP contribution in [-0.2, 0) is 4.79 Å². The van der Waals surface area contributed by atoms with E-state index in [1.165, 1.54) is 6.08 Å². The monoisotopic (exact) mass is 174 g/mol. The number of carbonyl (C=O) groups is 1. The molecule has 58 valence electrons. The molecule has 5 heteroatoms. The summed E-state index contributed by atoms with van der Waals surface area (Å²) in [4.78, 5) is 16.7. The fourth-order valence-corrected chi connectivity index (χ4v) is 0.682. The van der Waals surface area contributed by atoms with E-state index < -0.39 is 5.97 Å². The Morgan fingerprint density at radius 1 is 1.75 bits per heavy atom. The molecular formula is C7H7N2NaO2. The molecular weight excluding hydrogens is 167 g/mol. The average Bonchev–Trinajstić information content (AvgIpc) is 2.31. The van der Waals surface area contributed by atoms with E-state index in [1.807, 2.05) is 0 Å². The van der Waals surface area contributed by atoms with Gasteiger partial charge in [-0.15, -0.1) is 0 Å². The van der Waals surface area contributed by atoms with Crippen molar-refractivity contribution in [1.82, 2.24) is 9.97 Å². The van der Waals surface area contributed by atoms with Crippen LogP contribution in [0, 0.1) is 6.92 Å². The van der Waals surface area contributed by atoms with E-state index in [9.17, 15) is 9.90 Å². The van der Waals surface area contributed by atoms with Gasteiger partial charge in [0.15, 0.2) is 0 Å². The third-order valence-electron chi connectivity index (χ3n) is 1.12. The minimum atomic E-state index is -1.21. The van der Waals surface area contributed by atoms with Crippen LogP contribution >= 0.6 is 0 Å². The Kier molecular flexibility index (Phi) is 4.89. The molecule has 0 aliphatic carbocycles. The molecule has 1 heterocycles. The summed E-state index contributed by atoms with van der Waals surface area (Å²) in [5, 5.41) is 9.95. The first-order valence-electron chi connectivity index (χ1n) is 3.09. The third kappa shape index (κ3) is 3.71.